The standard InChI is InChI=1S/C15H22N2O/c1-5-10-16-14(18)12-6-8-13(9-7-12)17-11-15(2,3)4/h5-9,17H,1,10-11H2,2-4H3,(H,16,18). The maximum absolute atomic E-state index is 11.7. The number of hydrogen-bond donors (Lipinski definition) is 2. The monoisotopic (exact) mass is 246 g/mol. The minimum absolute atomic E-state index is 0.0720. The third-order valence-corrected chi connectivity index (χ3v) is 2.38. The Bertz CT molecular complexity index is 401. The topological polar surface area (TPSA) is 41.1 Å². The van der Waals surface area contributed by atoms with Gasteiger partial charge in [0.1, 0.15) is 0 Å². The van der Waals surface area contributed by atoms with Crippen molar-refractivity contribution in [3.63, 3.8) is 0 Å². The first-order valence-corrected chi connectivity index (χ1v) is 6.15. The van der Waals surface area contributed by atoms with Crippen LogP contribution in [0, 0.1) is 5.41 Å². The lowest BCUT2D eigenvalue weighted by atomic mass is 9.97. The van der Waals surface area contributed by atoms with E-state index in [2.05, 4.69) is 38.0 Å². The molecule has 0 radical (unpaired) electrons. The van der Waals surface area contributed by atoms with Crippen molar-refractivity contribution in [1.29, 1.82) is 0 Å². The van der Waals surface area contributed by atoms with Crippen molar-refractivity contribution >= 4 is 11.6 Å². The van der Waals surface area contributed by atoms with Gasteiger partial charge in [-0.25, -0.2) is 0 Å². The molecule has 0 aliphatic heterocycles. The zero-order valence-corrected chi connectivity index (χ0v) is 11.4. The predicted octanol–water partition coefficient (Wildman–Crippen LogP) is 3.06. The minimum Gasteiger partial charge on any atom is -0.385 e. The zero-order valence-electron chi connectivity index (χ0n) is 11.4. The van der Waals surface area contributed by atoms with Crippen LogP contribution in [0.25, 0.3) is 0 Å². The highest BCUT2D eigenvalue weighted by molar-refractivity contribution is 5.94. The summed E-state index contributed by atoms with van der Waals surface area (Å²) in [6.45, 7) is 11.5. The molecule has 0 atom stereocenters. The molecule has 1 aromatic rings. The third-order valence-electron chi connectivity index (χ3n) is 2.38. The lowest BCUT2D eigenvalue weighted by Gasteiger charge is -2.19. The fraction of sp³-hybridized carbons (Fsp3) is 0.400. The molecule has 0 unspecified atom stereocenters. The van der Waals surface area contributed by atoms with Gasteiger partial charge in [-0.1, -0.05) is 26.8 Å². The summed E-state index contributed by atoms with van der Waals surface area (Å²) in [7, 11) is 0. The van der Waals surface area contributed by atoms with Crippen LogP contribution in [-0.4, -0.2) is 19.0 Å². The van der Waals surface area contributed by atoms with Gasteiger partial charge in [0.15, 0.2) is 0 Å². The molecule has 18 heavy (non-hydrogen) atoms. The molecule has 2 N–H and O–H groups in total. The number of benzene rings is 1. The van der Waals surface area contributed by atoms with Crippen LogP contribution in [0.15, 0.2) is 36.9 Å². The molecule has 0 bridgehead atoms. The largest absolute Gasteiger partial charge is 0.385 e. The van der Waals surface area contributed by atoms with Crippen molar-refractivity contribution in [2.24, 2.45) is 5.41 Å². The van der Waals surface area contributed by atoms with Crippen LogP contribution < -0.4 is 10.6 Å². The van der Waals surface area contributed by atoms with E-state index >= 15 is 0 Å². The molecule has 1 amide bonds. The molecule has 98 valence electrons. The normalized spacial score (nSPS) is 10.8. The van der Waals surface area contributed by atoms with E-state index in [0.717, 1.165) is 12.2 Å². The highest BCUT2D eigenvalue weighted by atomic mass is 16.1. The van der Waals surface area contributed by atoms with Gasteiger partial charge in [-0.2, -0.15) is 0 Å². The highest BCUT2D eigenvalue weighted by Gasteiger charge is 2.09. The maximum atomic E-state index is 11.7. The first kappa shape index (κ1) is 14.3. The summed E-state index contributed by atoms with van der Waals surface area (Å²) in [6.07, 6.45) is 1.66. The molecule has 0 saturated heterocycles. The summed E-state index contributed by atoms with van der Waals surface area (Å²) in [6, 6.07) is 7.50. The quantitative estimate of drug-likeness (QED) is 0.784. The molecule has 0 fully saturated rings. The van der Waals surface area contributed by atoms with Crippen LogP contribution in [0.5, 0.6) is 0 Å². The first-order valence-electron chi connectivity index (χ1n) is 6.15. The Labute approximate surface area is 109 Å². The Morgan fingerprint density at radius 2 is 1.89 bits per heavy atom. The summed E-state index contributed by atoms with van der Waals surface area (Å²) < 4.78 is 0. The van der Waals surface area contributed by atoms with Crippen LogP contribution in [0.1, 0.15) is 31.1 Å². The molecule has 0 heterocycles. The van der Waals surface area contributed by atoms with Gasteiger partial charge in [-0.3, -0.25) is 4.79 Å². The molecule has 1 aromatic carbocycles. The molecular weight excluding hydrogens is 224 g/mol. The van der Waals surface area contributed by atoms with Gasteiger partial charge in [-0.15, -0.1) is 6.58 Å². The molecule has 0 aromatic heterocycles. The van der Waals surface area contributed by atoms with Crippen LogP contribution in [-0.2, 0) is 0 Å². The van der Waals surface area contributed by atoms with Crippen molar-refractivity contribution < 1.29 is 4.79 Å². The Hall–Kier alpha value is -1.77. The first-order chi connectivity index (χ1) is 8.42. The Balaban J connectivity index is 2.57. The van der Waals surface area contributed by atoms with Crippen LogP contribution in [0.4, 0.5) is 5.69 Å². The second kappa shape index (κ2) is 6.24. The number of rotatable bonds is 5. The molecule has 0 aliphatic carbocycles. The second-order valence-electron chi connectivity index (χ2n) is 5.49. The van der Waals surface area contributed by atoms with E-state index in [0.29, 0.717) is 12.1 Å². The van der Waals surface area contributed by atoms with Gasteiger partial charge in [0.25, 0.3) is 5.91 Å². The van der Waals surface area contributed by atoms with Gasteiger partial charge < -0.3 is 10.6 Å². The van der Waals surface area contributed by atoms with Gasteiger partial charge in [0, 0.05) is 24.3 Å². The fourth-order valence-electron chi connectivity index (χ4n) is 1.37. The predicted molar refractivity (Wildman–Crippen MR) is 76.9 cm³/mol. The van der Waals surface area contributed by atoms with Crippen LogP contribution in [0.2, 0.25) is 0 Å². The van der Waals surface area contributed by atoms with Gasteiger partial charge >= 0.3 is 0 Å². The van der Waals surface area contributed by atoms with E-state index in [1.165, 1.54) is 0 Å². The van der Waals surface area contributed by atoms with E-state index in [1.807, 2.05) is 24.3 Å². The van der Waals surface area contributed by atoms with Crippen LogP contribution in [0.3, 0.4) is 0 Å². The van der Waals surface area contributed by atoms with E-state index in [9.17, 15) is 4.79 Å². The average Bonchev–Trinajstić information content (AvgIpc) is 2.33. The van der Waals surface area contributed by atoms with Crippen molar-refractivity contribution in [3.8, 4) is 0 Å². The molecule has 3 nitrogen and oxygen atoms in total. The summed E-state index contributed by atoms with van der Waals surface area (Å²) in [5, 5.41) is 6.09. The number of nitrogens with one attached hydrogen (secondary N) is 2. The summed E-state index contributed by atoms with van der Waals surface area (Å²) >= 11 is 0. The second-order valence-corrected chi connectivity index (χ2v) is 5.49. The van der Waals surface area contributed by atoms with Gasteiger partial charge in [-0.05, 0) is 29.7 Å². The molecule has 0 saturated carbocycles. The Morgan fingerprint density at radius 1 is 1.28 bits per heavy atom. The molecule has 0 aliphatic rings. The molecular formula is C15H22N2O. The molecule has 0 spiro atoms. The summed E-state index contributed by atoms with van der Waals surface area (Å²) in [4.78, 5) is 11.7. The van der Waals surface area contributed by atoms with Crippen molar-refractivity contribution in [1.82, 2.24) is 5.32 Å². The van der Waals surface area contributed by atoms with Gasteiger partial charge in [0.2, 0.25) is 0 Å². The minimum atomic E-state index is -0.0720. The summed E-state index contributed by atoms with van der Waals surface area (Å²) in [5.74, 6) is -0.0720. The lowest BCUT2D eigenvalue weighted by molar-refractivity contribution is 0.0958. The van der Waals surface area contributed by atoms with E-state index in [1.54, 1.807) is 6.08 Å². The summed E-state index contributed by atoms with van der Waals surface area (Å²) in [5.41, 5.74) is 1.93. The lowest BCUT2D eigenvalue weighted by Crippen LogP contribution is -2.23. The number of carbonyl (C=O) groups is 1. The SMILES string of the molecule is C=CCNC(=O)c1ccc(NCC(C)(C)C)cc1. The van der Waals surface area contributed by atoms with Crippen LogP contribution >= 0.6 is 0 Å². The molecule has 3 heteroatoms. The van der Waals surface area contributed by atoms with E-state index in [-0.39, 0.29) is 11.3 Å². The van der Waals surface area contributed by atoms with Crippen molar-refractivity contribution in [3.05, 3.63) is 42.5 Å². The Morgan fingerprint density at radius 3 is 2.39 bits per heavy atom. The Kier molecular flexibility index (Phi) is 4.95. The maximum Gasteiger partial charge on any atom is 0.251 e. The fourth-order valence-corrected chi connectivity index (χ4v) is 1.37. The van der Waals surface area contributed by atoms with Crippen molar-refractivity contribution in [2.75, 3.05) is 18.4 Å². The number of amides is 1. The van der Waals surface area contributed by atoms with E-state index < -0.39 is 0 Å². The average molecular weight is 246 g/mol. The van der Waals surface area contributed by atoms with Gasteiger partial charge in [0.05, 0.1) is 0 Å². The third kappa shape index (κ3) is 5.04. The smallest absolute Gasteiger partial charge is 0.251 e. The number of hydrogen-bond acceptors (Lipinski definition) is 2. The van der Waals surface area contributed by atoms with Crippen molar-refractivity contribution in [2.45, 2.75) is 20.8 Å². The molecule has 1 rings (SSSR count). The number of anilines is 1. The highest BCUT2D eigenvalue weighted by Crippen LogP contribution is 2.16. The number of carbonyl (C=O) groups excluding carboxylic acids is 1. The zero-order chi connectivity index (χ0) is 13.6. The van der Waals surface area contributed by atoms with E-state index in [4.69, 9.17) is 0 Å².